The highest BCUT2D eigenvalue weighted by molar-refractivity contribution is 6.00. The summed E-state index contributed by atoms with van der Waals surface area (Å²) in [4.78, 5) is 27.0. The summed E-state index contributed by atoms with van der Waals surface area (Å²) in [5.41, 5.74) is 2.54. The maximum Gasteiger partial charge on any atom is 0.322 e. The van der Waals surface area contributed by atoms with Crippen molar-refractivity contribution in [2.45, 2.75) is 19.4 Å². The molecule has 0 radical (unpaired) electrons. The molecule has 0 aliphatic carbocycles. The summed E-state index contributed by atoms with van der Waals surface area (Å²) < 4.78 is 24.0. The number of hydrogen-bond acceptors (Lipinski definition) is 5. The Morgan fingerprint density at radius 2 is 1.81 bits per heavy atom. The molecule has 2 N–H and O–H groups in total. The number of nitrogens with one attached hydrogen (secondary N) is 1. The number of ketones is 1. The molecule has 0 aromatic heterocycles. The number of nitrogens with zero attached hydrogens (tertiary/aromatic N) is 1. The Labute approximate surface area is 180 Å². The fourth-order valence-electron chi connectivity index (χ4n) is 3.50. The third kappa shape index (κ3) is 4.86. The monoisotopic (exact) mass is 428 g/mol. The zero-order chi connectivity index (χ0) is 22.5. The first-order valence-corrected chi connectivity index (χ1v) is 9.77. The number of β-amino-alcohol motifs (C(OH)–C–C–N with tert-alkyl or cyclic N) is 1. The van der Waals surface area contributed by atoms with Gasteiger partial charge in [0.15, 0.2) is 17.3 Å². The van der Waals surface area contributed by atoms with Gasteiger partial charge in [-0.05, 0) is 47.9 Å². The second kappa shape index (κ2) is 9.61. The van der Waals surface area contributed by atoms with Gasteiger partial charge in [-0.25, -0.2) is 9.18 Å². The summed E-state index contributed by atoms with van der Waals surface area (Å²) >= 11 is 0. The highest BCUT2D eigenvalue weighted by atomic mass is 19.1. The van der Waals surface area contributed by atoms with Gasteiger partial charge < -0.3 is 19.9 Å². The van der Waals surface area contributed by atoms with Crippen LogP contribution in [0.1, 0.15) is 22.7 Å². The van der Waals surface area contributed by atoms with Crippen molar-refractivity contribution < 1.29 is 28.6 Å². The van der Waals surface area contributed by atoms with Crippen molar-refractivity contribution in [3.63, 3.8) is 0 Å². The average molecular weight is 428 g/mol. The molecule has 164 valence electrons. The van der Waals surface area contributed by atoms with Crippen molar-refractivity contribution in [2.24, 2.45) is 0 Å². The van der Waals surface area contributed by atoms with Crippen LogP contribution in [0.25, 0.3) is 0 Å². The molecule has 2 amide bonds. The van der Waals surface area contributed by atoms with Crippen molar-refractivity contribution in [2.75, 3.05) is 27.4 Å². The van der Waals surface area contributed by atoms with Gasteiger partial charge in [-0.2, -0.15) is 0 Å². The Morgan fingerprint density at radius 3 is 2.42 bits per heavy atom. The largest absolute Gasteiger partial charge is 0.493 e. The van der Waals surface area contributed by atoms with Gasteiger partial charge in [0.2, 0.25) is 0 Å². The first-order chi connectivity index (χ1) is 14.9. The molecular formula is C23H25FN2O5. The SMILES string of the molecule is COc1cc(C)c(CC(=O)C2=CN(CCO)C(=O)NC2c2ccc(F)cc2)cc1OC. The number of carbonyl (C=O) groups excluding carboxylic acids is 2. The second-order valence-corrected chi connectivity index (χ2v) is 7.17. The number of Topliss-reactive ketones (excluding diaryl/α,β-unsaturated/α-hetero) is 1. The molecule has 0 bridgehead atoms. The fraction of sp³-hybridized carbons (Fsp3) is 0.304. The maximum atomic E-state index is 13.4. The maximum absolute atomic E-state index is 13.4. The number of benzene rings is 2. The molecule has 0 saturated carbocycles. The molecule has 0 saturated heterocycles. The lowest BCUT2D eigenvalue weighted by molar-refractivity contribution is -0.115. The van der Waals surface area contributed by atoms with E-state index in [0.717, 1.165) is 11.1 Å². The number of aliphatic hydroxyl groups excluding tert-OH is 1. The van der Waals surface area contributed by atoms with Gasteiger partial charge in [-0.1, -0.05) is 12.1 Å². The zero-order valence-electron chi connectivity index (χ0n) is 17.6. The quantitative estimate of drug-likeness (QED) is 0.675. The third-order valence-corrected chi connectivity index (χ3v) is 5.19. The van der Waals surface area contributed by atoms with Crippen LogP contribution in [0.15, 0.2) is 48.2 Å². The lowest BCUT2D eigenvalue weighted by atomic mass is 9.91. The summed E-state index contributed by atoms with van der Waals surface area (Å²) in [7, 11) is 3.07. The first kappa shape index (κ1) is 22.3. The smallest absolute Gasteiger partial charge is 0.322 e. The Balaban J connectivity index is 1.97. The molecule has 1 unspecified atom stereocenters. The molecule has 1 aliphatic rings. The standard InChI is InChI=1S/C23H25FN2O5/c1-14-10-20(30-2)21(31-3)12-16(14)11-19(28)18-13-26(8-9-27)23(29)25-22(18)15-4-6-17(24)7-5-15/h4-7,10,12-13,22,27H,8-9,11H2,1-3H3,(H,25,29). The second-order valence-electron chi connectivity index (χ2n) is 7.17. The van der Waals surface area contributed by atoms with Gasteiger partial charge in [0.05, 0.1) is 33.4 Å². The Kier molecular flexibility index (Phi) is 6.91. The minimum atomic E-state index is -0.726. The van der Waals surface area contributed by atoms with E-state index in [9.17, 15) is 19.1 Å². The number of aryl methyl sites for hydroxylation is 1. The van der Waals surface area contributed by atoms with E-state index in [1.165, 1.54) is 42.5 Å². The van der Waals surface area contributed by atoms with Gasteiger partial charge in [0.1, 0.15) is 5.82 Å². The van der Waals surface area contributed by atoms with Gasteiger partial charge in [-0.15, -0.1) is 0 Å². The molecule has 1 heterocycles. The van der Waals surface area contributed by atoms with Crippen molar-refractivity contribution in [1.29, 1.82) is 0 Å². The number of halogens is 1. The average Bonchev–Trinajstić information content (AvgIpc) is 2.76. The highest BCUT2D eigenvalue weighted by Gasteiger charge is 2.31. The molecule has 7 nitrogen and oxygen atoms in total. The molecule has 0 spiro atoms. The summed E-state index contributed by atoms with van der Waals surface area (Å²) in [6.45, 7) is 1.67. The van der Waals surface area contributed by atoms with Crippen molar-refractivity contribution in [1.82, 2.24) is 10.2 Å². The number of urea groups is 1. The normalized spacial score (nSPS) is 15.9. The summed E-state index contributed by atoms with van der Waals surface area (Å²) in [5, 5.41) is 12.0. The number of amides is 2. The molecule has 8 heteroatoms. The van der Waals surface area contributed by atoms with Crippen LogP contribution in [0.4, 0.5) is 9.18 Å². The predicted octanol–water partition coefficient (Wildman–Crippen LogP) is 2.91. The number of hydrogen-bond donors (Lipinski definition) is 2. The summed E-state index contributed by atoms with van der Waals surface area (Å²) in [5.74, 6) is 0.454. The topological polar surface area (TPSA) is 88.1 Å². The van der Waals surface area contributed by atoms with E-state index >= 15 is 0 Å². The van der Waals surface area contributed by atoms with Crippen LogP contribution >= 0.6 is 0 Å². The van der Waals surface area contributed by atoms with E-state index in [-0.39, 0.29) is 25.4 Å². The number of methoxy groups -OCH3 is 2. The Morgan fingerprint density at radius 1 is 1.16 bits per heavy atom. The van der Waals surface area contributed by atoms with Crippen molar-refractivity contribution >= 4 is 11.8 Å². The number of carbonyl (C=O) groups is 2. The van der Waals surface area contributed by atoms with Crippen LogP contribution in [0.2, 0.25) is 0 Å². The molecule has 2 aromatic rings. The van der Waals surface area contributed by atoms with E-state index in [1.807, 2.05) is 6.92 Å². The third-order valence-electron chi connectivity index (χ3n) is 5.19. The minimum Gasteiger partial charge on any atom is -0.493 e. The minimum absolute atomic E-state index is 0.0497. The van der Waals surface area contributed by atoms with E-state index in [4.69, 9.17) is 9.47 Å². The van der Waals surface area contributed by atoms with E-state index in [1.54, 1.807) is 19.2 Å². The fourth-order valence-corrected chi connectivity index (χ4v) is 3.50. The molecule has 1 aliphatic heterocycles. The summed E-state index contributed by atoms with van der Waals surface area (Å²) in [6.07, 6.45) is 1.53. The number of aliphatic hydroxyl groups is 1. The molecule has 1 atom stereocenters. The number of ether oxygens (including phenoxy) is 2. The summed E-state index contributed by atoms with van der Waals surface area (Å²) in [6, 6.07) is 8.01. The molecule has 2 aromatic carbocycles. The molecular weight excluding hydrogens is 403 g/mol. The van der Waals surface area contributed by atoms with Gasteiger partial charge in [0.25, 0.3) is 0 Å². The molecule has 0 fully saturated rings. The van der Waals surface area contributed by atoms with Crippen LogP contribution in [-0.2, 0) is 11.2 Å². The van der Waals surface area contributed by atoms with Crippen LogP contribution in [0.5, 0.6) is 11.5 Å². The zero-order valence-corrected chi connectivity index (χ0v) is 17.6. The van der Waals surface area contributed by atoms with E-state index < -0.39 is 17.9 Å². The van der Waals surface area contributed by atoms with E-state index in [0.29, 0.717) is 22.6 Å². The van der Waals surface area contributed by atoms with Crippen LogP contribution < -0.4 is 14.8 Å². The van der Waals surface area contributed by atoms with Crippen molar-refractivity contribution in [3.8, 4) is 11.5 Å². The highest BCUT2D eigenvalue weighted by Crippen LogP contribution is 2.32. The van der Waals surface area contributed by atoms with Crippen LogP contribution in [0, 0.1) is 12.7 Å². The van der Waals surface area contributed by atoms with Crippen LogP contribution in [-0.4, -0.2) is 49.2 Å². The van der Waals surface area contributed by atoms with E-state index in [2.05, 4.69) is 5.32 Å². The first-order valence-electron chi connectivity index (χ1n) is 9.77. The Bertz CT molecular complexity index is 1000. The Hall–Kier alpha value is -3.39. The lowest BCUT2D eigenvalue weighted by Gasteiger charge is -2.31. The van der Waals surface area contributed by atoms with Crippen LogP contribution in [0.3, 0.4) is 0 Å². The van der Waals surface area contributed by atoms with Gasteiger partial charge in [-0.3, -0.25) is 9.69 Å². The van der Waals surface area contributed by atoms with Gasteiger partial charge in [0, 0.05) is 18.2 Å². The predicted molar refractivity (Wildman–Crippen MR) is 113 cm³/mol. The van der Waals surface area contributed by atoms with Gasteiger partial charge >= 0.3 is 6.03 Å². The number of rotatable bonds is 8. The molecule has 3 rings (SSSR count). The molecule has 31 heavy (non-hydrogen) atoms. The lowest BCUT2D eigenvalue weighted by Crippen LogP contribution is -2.46. The van der Waals surface area contributed by atoms with Crippen molar-refractivity contribution in [3.05, 3.63) is 70.7 Å².